The number of nitrogens with two attached hydrogens (primary N) is 1. The van der Waals surface area contributed by atoms with Crippen LogP contribution in [-0.4, -0.2) is 4.98 Å². The van der Waals surface area contributed by atoms with Gasteiger partial charge in [0.2, 0.25) is 0 Å². The van der Waals surface area contributed by atoms with E-state index in [1.807, 2.05) is 43.3 Å². The van der Waals surface area contributed by atoms with Crippen molar-refractivity contribution in [2.45, 2.75) is 13.8 Å². The maximum Gasteiger partial charge on any atom is 0.136 e. The Kier molecular flexibility index (Phi) is 3.03. The number of nitrogens with zero attached hydrogens (tertiary/aromatic N) is 1. The Hall–Kier alpha value is -2.55. The van der Waals surface area contributed by atoms with Crippen molar-refractivity contribution in [1.82, 2.24) is 4.98 Å². The van der Waals surface area contributed by atoms with Gasteiger partial charge in [0.25, 0.3) is 0 Å². The molecule has 0 atom stereocenters. The lowest BCUT2D eigenvalue weighted by Gasteiger charge is -2.12. The first-order valence-corrected chi connectivity index (χ1v) is 6.53. The molecule has 0 unspecified atom stereocenters. The Balaban J connectivity index is 2.09. The number of nitrogen functional groups attached to an aromatic ring is 1. The Bertz CT molecular complexity index is 781. The van der Waals surface area contributed by atoms with E-state index in [1.165, 1.54) is 5.56 Å². The summed E-state index contributed by atoms with van der Waals surface area (Å²) in [5.74, 6) is 1.62. The highest BCUT2D eigenvalue weighted by atomic mass is 16.5. The molecule has 1 heterocycles. The Labute approximate surface area is 118 Å². The molecule has 3 rings (SSSR count). The minimum atomic E-state index is 0.661. The van der Waals surface area contributed by atoms with Gasteiger partial charge in [-0.2, -0.15) is 0 Å². The average molecular weight is 264 g/mol. The van der Waals surface area contributed by atoms with E-state index in [4.69, 9.17) is 10.5 Å². The van der Waals surface area contributed by atoms with E-state index in [1.54, 1.807) is 6.20 Å². The molecule has 0 bridgehead atoms. The number of ether oxygens (including phenoxy) is 1. The summed E-state index contributed by atoms with van der Waals surface area (Å²) < 4.78 is 6.04. The minimum absolute atomic E-state index is 0.661. The normalized spacial score (nSPS) is 10.7. The van der Waals surface area contributed by atoms with Crippen molar-refractivity contribution in [3.8, 4) is 11.5 Å². The molecule has 0 spiro atoms. The first-order valence-electron chi connectivity index (χ1n) is 6.53. The van der Waals surface area contributed by atoms with Crippen LogP contribution in [0.1, 0.15) is 11.1 Å². The molecule has 1 aromatic heterocycles. The molecule has 0 radical (unpaired) electrons. The van der Waals surface area contributed by atoms with E-state index in [-0.39, 0.29) is 0 Å². The molecule has 100 valence electrons. The van der Waals surface area contributed by atoms with E-state index in [9.17, 15) is 0 Å². The van der Waals surface area contributed by atoms with E-state index in [2.05, 4.69) is 18.0 Å². The highest BCUT2D eigenvalue weighted by Crippen LogP contribution is 2.33. The summed E-state index contributed by atoms with van der Waals surface area (Å²) in [6.07, 6.45) is 1.74. The van der Waals surface area contributed by atoms with E-state index in [0.717, 1.165) is 28.0 Å². The Morgan fingerprint density at radius 1 is 1.00 bits per heavy atom. The number of benzene rings is 2. The maximum atomic E-state index is 6.04. The topological polar surface area (TPSA) is 48.1 Å². The predicted molar refractivity (Wildman–Crippen MR) is 82.1 cm³/mol. The summed E-state index contributed by atoms with van der Waals surface area (Å²) in [6.45, 7) is 4.11. The zero-order valence-corrected chi connectivity index (χ0v) is 11.6. The van der Waals surface area contributed by atoms with Crippen molar-refractivity contribution >= 4 is 16.6 Å². The highest BCUT2D eigenvalue weighted by Gasteiger charge is 2.08. The average Bonchev–Trinajstić information content (AvgIpc) is 2.45. The molecule has 2 N–H and O–H groups in total. The lowest BCUT2D eigenvalue weighted by molar-refractivity contribution is 0.484. The third kappa shape index (κ3) is 2.18. The summed E-state index contributed by atoms with van der Waals surface area (Å²) in [5.41, 5.74) is 9.71. The van der Waals surface area contributed by atoms with Crippen LogP contribution < -0.4 is 10.5 Å². The fourth-order valence-corrected chi connectivity index (χ4v) is 2.29. The molecular formula is C17H16N2O. The summed E-state index contributed by atoms with van der Waals surface area (Å²) in [4.78, 5) is 4.31. The van der Waals surface area contributed by atoms with Crippen molar-refractivity contribution < 1.29 is 4.74 Å². The first-order chi connectivity index (χ1) is 9.65. The molecule has 0 saturated carbocycles. The Morgan fingerprint density at radius 3 is 2.60 bits per heavy atom. The van der Waals surface area contributed by atoms with Crippen LogP contribution in [0.3, 0.4) is 0 Å². The van der Waals surface area contributed by atoms with Crippen molar-refractivity contribution in [3.05, 3.63) is 59.8 Å². The summed E-state index contributed by atoms with van der Waals surface area (Å²) >= 11 is 0. The van der Waals surface area contributed by atoms with Crippen LogP contribution in [0.5, 0.6) is 11.5 Å². The van der Waals surface area contributed by atoms with Gasteiger partial charge < -0.3 is 10.5 Å². The number of hydrogen-bond donors (Lipinski definition) is 1. The van der Waals surface area contributed by atoms with Gasteiger partial charge in [0.15, 0.2) is 0 Å². The van der Waals surface area contributed by atoms with Crippen LogP contribution in [0.4, 0.5) is 5.69 Å². The minimum Gasteiger partial charge on any atom is -0.456 e. The van der Waals surface area contributed by atoms with Crippen LogP contribution >= 0.6 is 0 Å². The quantitative estimate of drug-likeness (QED) is 0.705. The molecule has 2 aromatic carbocycles. The van der Waals surface area contributed by atoms with Gasteiger partial charge in [-0.25, -0.2) is 0 Å². The van der Waals surface area contributed by atoms with E-state index >= 15 is 0 Å². The zero-order chi connectivity index (χ0) is 14.1. The zero-order valence-electron chi connectivity index (χ0n) is 11.6. The van der Waals surface area contributed by atoms with Crippen LogP contribution in [0.15, 0.2) is 48.7 Å². The fourth-order valence-electron chi connectivity index (χ4n) is 2.29. The van der Waals surface area contributed by atoms with Crippen LogP contribution in [-0.2, 0) is 0 Å². The Morgan fingerprint density at radius 2 is 1.80 bits per heavy atom. The number of anilines is 1. The molecule has 3 aromatic rings. The van der Waals surface area contributed by atoms with Crippen LogP contribution in [0.25, 0.3) is 10.9 Å². The monoisotopic (exact) mass is 264 g/mol. The molecule has 0 aliphatic rings. The predicted octanol–water partition coefficient (Wildman–Crippen LogP) is 4.23. The molecule has 3 heteroatoms. The molecular weight excluding hydrogens is 248 g/mol. The number of aryl methyl sites for hydroxylation is 2. The van der Waals surface area contributed by atoms with Gasteiger partial charge in [0.05, 0.1) is 11.2 Å². The molecule has 0 saturated heterocycles. The lowest BCUT2D eigenvalue weighted by atomic mass is 10.1. The number of hydrogen-bond acceptors (Lipinski definition) is 3. The number of rotatable bonds is 2. The van der Waals surface area contributed by atoms with Crippen molar-refractivity contribution in [1.29, 1.82) is 0 Å². The molecule has 0 fully saturated rings. The van der Waals surface area contributed by atoms with Gasteiger partial charge in [0, 0.05) is 11.6 Å². The number of aromatic nitrogens is 1. The van der Waals surface area contributed by atoms with Gasteiger partial charge in [-0.1, -0.05) is 17.7 Å². The second-order valence-corrected chi connectivity index (χ2v) is 4.92. The fraction of sp³-hybridized carbons (Fsp3) is 0.118. The molecule has 0 aliphatic carbocycles. The second-order valence-electron chi connectivity index (χ2n) is 4.92. The van der Waals surface area contributed by atoms with E-state index < -0.39 is 0 Å². The summed E-state index contributed by atoms with van der Waals surface area (Å²) in [7, 11) is 0. The summed E-state index contributed by atoms with van der Waals surface area (Å²) in [6, 6.07) is 13.7. The van der Waals surface area contributed by atoms with Crippen molar-refractivity contribution in [2.75, 3.05) is 5.73 Å². The first kappa shape index (κ1) is 12.5. The molecule has 0 amide bonds. The smallest absolute Gasteiger partial charge is 0.136 e. The third-order valence-electron chi connectivity index (χ3n) is 3.31. The highest BCUT2D eigenvalue weighted by molar-refractivity contribution is 5.93. The molecule has 20 heavy (non-hydrogen) atoms. The van der Waals surface area contributed by atoms with Crippen molar-refractivity contribution in [3.63, 3.8) is 0 Å². The molecule has 0 aliphatic heterocycles. The van der Waals surface area contributed by atoms with Crippen LogP contribution in [0.2, 0.25) is 0 Å². The second kappa shape index (κ2) is 4.85. The maximum absolute atomic E-state index is 6.04. The van der Waals surface area contributed by atoms with Gasteiger partial charge in [-0.3, -0.25) is 4.98 Å². The largest absolute Gasteiger partial charge is 0.456 e. The lowest BCUT2D eigenvalue weighted by Crippen LogP contribution is -1.93. The molecule has 3 nitrogen and oxygen atoms in total. The van der Waals surface area contributed by atoms with Gasteiger partial charge in [0.1, 0.15) is 11.5 Å². The SMILES string of the molecule is Cc1ccc(Oc2ccc(N)c3ncccc23)c(C)c1. The van der Waals surface area contributed by atoms with Gasteiger partial charge in [-0.15, -0.1) is 0 Å². The summed E-state index contributed by atoms with van der Waals surface area (Å²) in [5, 5.41) is 0.924. The van der Waals surface area contributed by atoms with E-state index in [0.29, 0.717) is 5.69 Å². The standard InChI is InChI=1S/C17H16N2O/c1-11-5-7-15(12(2)10-11)20-16-8-6-14(18)17-13(16)4-3-9-19-17/h3-10H,18H2,1-2H3. The van der Waals surface area contributed by atoms with Gasteiger partial charge >= 0.3 is 0 Å². The number of fused-ring (bicyclic) bond motifs is 1. The van der Waals surface area contributed by atoms with Crippen molar-refractivity contribution in [2.24, 2.45) is 0 Å². The third-order valence-corrected chi connectivity index (χ3v) is 3.31. The van der Waals surface area contributed by atoms with Crippen LogP contribution in [0, 0.1) is 13.8 Å². The van der Waals surface area contributed by atoms with Gasteiger partial charge in [-0.05, 0) is 49.7 Å². The number of pyridine rings is 1.